The quantitative estimate of drug-likeness (QED) is 0.561. The van der Waals surface area contributed by atoms with Crippen molar-refractivity contribution in [2.75, 3.05) is 5.32 Å². The third-order valence-electron chi connectivity index (χ3n) is 3.77. The first-order valence-electron chi connectivity index (χ1n) is 7.11. The predicted octanol–water partition coefficient (Wildman–Crippen LogP) is 4.67. The first-order valence-corrected chi connectivity index (χ1v) is 7.11. The maximum absolute atomic E-state index is 11.0. The molecule has 0 spiro atoms. The molecular formula is C18H16N2O2. The summed E-state index contributed by atoms with van der Waals surface area (Å²) in [6, 6.07) is 19.6. The van der Waals surface area contributed by atoms with Gasteiger partial charge in [-0.2, -0.15) is 0 Å². The molecule has 22 heavy (non-hydrogen) atoms. The van der Waals surface area contributed by atoms with Crippen LogP contribution in [0.3, 0.4) is 0 Å². The van der Waals surface area contributed by atoms with Crippen LogP contribution in [0.5, 0.6) is 0 Å². The Kier molecular flexibility index (Phi) is 3.74. The molecule has 0 saturated carbocycles. The van der Waals surface area contributed by atoms with Gasteiger partial charge in [-0.25, -0.2) is 0 Å². The van der Waals surface area contributed by atoms with Crippen molar-refractivity contribution in [2.24, 2.45) is 0 Å². The minimum absolute atomic E-state index is 0.142. The van der Waals surface area contributed by atoms with E-state index in [-0.39, 0.29) is 10.6 Å². The maximum atomic E-state index is 11.0. The van der Waals surface area contributed by atoms with E-state index in [1.807, 2.05) is 24.3 Å². The zero-order valence-corrected chi connectivity index (χ0v) is 12.2. The zero-order chi connectivity index (χ0) is 15.5. The van der Waals surface area contributed by atoms with E-state index in [0.29, 0.717) is 12.1 Å². The molecule has 0 aliphatic heterocycles. The van der Waals surface area contributed by atoms with Gasteiger partial charge in [0, 0.05) is 23.9 Å². The molecule has 4 nitrogen and oxygen atoms in total. The van der Waals surface area contributed by atoms with Gasteiger partial charge in [0.05, 0.1) is 4.92 Å². The smallest absolute Gasteiger partial charge is 0.274 e. The van der Waals surface area contributed by atoms with Gasteiger partial charge in [-0.05, 0) is 29.3 Å². The van der Waals surface area contributed by atoms with E-state index in [1.165, 1.54) is 16.3 Å². The number of hydrogen-bond acceptors (Lipinski definition) is 3. The summed E-state index contributed by atoms with van der Waals surface area (Å²) in [4.78, 5) is 10.7. The second kappa shape index (κ2) is 5.85. The van der Waals surface area contributed by atoms with E-state index in [9.17, 15) is 10.1 Å². The lowest BCUT2D eigenvalue weighted by atomic mass is 10.0. The molecule has 1 N–H and O–H groups in total. The highest BCUT2D eigenvalue weighted by Crippen LogP contribution is 2.24. The first kappa shape index (κ1) is 14.1. The lowest BCUT2D eigenvalue weighted by Gasteiger charge is -2.10. The van der Waals surface area contributed by atoms with Gasteiger partial charge in [0.1, 0.15) is 0 Å². The SMILES string of the molecule is Cc1ccc(NCc2cccc3ccccc23)cc1[N+](=O)[O-]. The van der Waals surface area contributed by atoms with Crippen LogP contribution in [0.25, 0.3) is 10.8 Å². The average Bonchev–Trinajstić information content (AvgIpc) is 2.53. The van der Waals surface area contributed by atoms with E-state index >= 15 is 0 Å². The van der Waals surface area contributed by atoms with Crippen molar-refractivity contribution in [1.82, 2.24) is 0 Å². The van der Waals surface area contributed by atoms with E-state index in [4.69, 9.17) is 0 Å². The molecule has 0 aliphatic rings. The molecule has 0 unspecified atom stereocenters. The second-order valence-electron chi connectivity index (χ2n) is 5.25. The number of nitrogens with one attached hydrogen (secondary N) is 1. The highest BCUT2D eigenvalue weighted by molar-refractivity contribution is 5.85. The van der Waals surface area contributed by atoms with Gasteiger partial charge < -0.3 is 5.32 Å². The normalized spacial score (nSPS) is 10.6. The third kappa shape index (κ3) is 2.76. The number of aryl methyl sites for hydroxylation is 1. The number of nitro benzene ring substituents is 1. The van der Waals surface area contributed by atoms with Crippen LogP contribution in [0.2, 0.25) is 0 Å². The summed E-state index contributed by atoms with van der Waals surface area (Å²) in [6.45, 7) is 2.37. The zero-order valence-electron chi connectivity index (χ0n) is 12.2. The molecule has 0 radical (unpaired) electrons. The van der Waals surface area contributed by atoms with Gasteiger partial charge >= 0.3 is 0 Å². The Bertz CT molecular complexity index is 838. The molecule has 0 bridgehead atoms. The van der Waals surface area contributed by atoms with Crippen LogP contribution < -0.4 is 5.32 Å². The van der Waals surface area contributed by atoms with Gasteiger partial charge in [0.25, 0.3) is 5.69 Å². The molecule has 3 rings (SSSR count). The van der Waals surface area contributed by atoms with Crippen LogP contribution in [0, 0.1) is 17.0 Å². The number of benzene rings is 3. The summed E-state index contributed by atoms with van der Waals surface area (Å²) in [5.41, 5.74) is 2.73. The summed E-state index contributed by atoms with van der Waals surface area (Å²) in [7, 11) is 0. The summed E-state index contributed by atoms with van der Waals surface area (Å²) >= 11 is 0. The van der Waals surface area contributed by atoms with E-state index in [2.05, 4.69) is 29.6 Å². The summed E-state index contributed by atoms with van der Waals surface area (Å²) in [5, 5.41) is 16.7. The lowest BCUT2D eigenvalue weighted by molar-refractivity contribution is -0.385. The van der Waals surface area contributed by atoms with Crippen molar-refractivity contribution in [1.29, 1.82) is 0 Å². The molecule has 110 valence electrons. The van der Waals surface area contributed by atoms with Gasteiger partial charge in [0.2, 0.25) is 0 Å². The second-order valence-corrected chi connectivity index (χ2v) is 5.25. The van der Waals surface area contributed by atoms with Crippen LogP contribution in [0.1, 0.15) is 11.1 Å². The fourth-order valence-corrected chi connectivity index (χ4v) is 2.56. The van der Waals surface area contributed by atoms with Crippen molar-refractivity contribution >= 4 is 22.1 Å². The fraction of sp³-hybridized carbons (Fsp3) is 0.111. The Morgan fingerprint density at radius 3 is 2.64 bits per heavy atom. The Morgan fingerprint density at radius 2 is 1.82 bits per heavy atom. The maximum Gasteiger partial charge on any atom is 0.274 e. The molecule has 0 aliphatic carbocycles. The van der Waals surface area contributed by atoms with E-state index < -0.39 is 0 Å². The number of hydrogen-bond donors (Lipinski definition) is 1. The molecule has 0 saturated heterocycles. The van der Waals surface area contributed by atoms with Crippen LogP contribution in [-0.4, -0.2) is 4.92 Å². The molecule has 3 aromatic rings. The van der Waals surface area contributed by atoms with Crippen LogP contribution in [-0.2, 0) is 6.54 Å². The molecular weight excluding hydrogens is 276 g/mol. The number of anilines is 1. The monoisotopic (exact) mass is 292 g/mol. The molecule has 0 heterocycles. The number of nitrogens with zero attached hydrogens (tertiary/aromatic N) is 1. The molecule has 0 amide bonds. The van der Waals surface area contributed by atoms with Crippen molar-refractivity contribution in [3.63, 3.8) is 0 Å². The molecule has 0 atom stereocenters. The van der Waals surface area contributed by atoms with Crippen molar-refractivity contribution in [3.8, 4) is 0 Å². The Balaban J connectivity index is 1.85. The van der Waals surface area contributed by atoms with Gasteiger partial charge in [-0.1, -0.05) is 48.5 Å². The predicted molar refractivity (Wildman–Crippen MR) is 89.1 cm³/mol. The molecule has 0 fully saturated rings. The van der Waals surface area contributed by atoms with Crippen molar-refractivity contribution < 1.29 is 4.92 Å². The number of nitro groups is 1. The number of fused-ring (bicyclic) bond motifs is 1. The Hall–Kier alpha value is -2.88. The Labute approximate surface area is 128 Å². The van der Waals surface area contributed by atoms with Gasteiger partial charge in [-0.15, -0.1) is 0 Å². The van der Waals surface area contributed by atoms with Crippen LogP contribution >= 0.6 is 0 Å². The topological polar surface area (TPSA) is 55.2 Å². The summed E-state index contributed by atoms with van der Waals surface area (Å²) in [6.07, 6.45) is 0. The standard InChI is InChI=1S/C18H16N2O2/c1-13-9-10-16(11-18(13)20(21)22)19-12-15-7-4-6-14-5-2-3-8-17(14)15/h2-11,19H,12H2,1H3. The van der Waals surface area contributed by atoms with Crippen molar-refractivity contribution in [3.05, 3.63) is 81.9 Å². The Morgan fingerprint density at radius 1 is 1.05 bits per heavy atom. The summed E-state index contributed by atoms with van der Waals surface area (Å²) < 4.78 is 0. The van der Waals surface area contributed by atoms with E-state index in [1.54, 1.807) is 19.1 Å². The lowest BCUT2D eigenvalue weighted by Crippen LogP contribution is -2.01. The average molecular weight is 292 g/mol. The largest absolute Gasteiger partial charge is 0.381 e. The van der Waals surface area contributed by atoms with Crippen LogP contribution in [0.15, 0.2) is 60.7 Å². The summed E-state index contributed by atoms with van der Waals surface area (Å²) in [5.74, 6) is 0. The number of rotatable bonds is 4. The van der Waals surface area contributed by atoms with Gasteiger partial charge in [0.15, 0.2) is 0 Å². The highest BCUT2D eigenvalue weighted by atomic mass is 16.6. The van der Waals surface area contributed by atoms with Crippen molar-refractivity contribution in [2.45, 2.75) is 13.5 Å². The third-order valence-corrected chi connectivity index (χ3v) is 3.77. The molecule has 0 aromatic heterocycles. The highest BCUT2D eigenvalue weighted by Gasteiger charge is 2.10. The van der Waals surface area contributed by atoms with E-state index in [0.717, 1.165) is 5.69 Å². The first-order chi connectivity index (χ1) is 10.6. The van der Waals surface area contributed by atoms with Gasteiger partial charge in [-0.3, -0.25) is 10.1 Å². The van der Waals surface area contributed by atoms with Crippen LogP contribution in [0.4, 0.5) is 11.4 Å². The minimum Gasteiger partial charge on any atom is -0.381 e. The fourth-order valence-electron chi connectivity index (χ4n) is 2.56. The minimum atomic E-state index is -0.349. The molecule has 3 aromatic carbocycles. The molecule has 4 heteroatoms.